The molecule has 0 unspecified atom stereocenters. The lowest BCUT2D eigenvalue weighted by atomic mass is 10.1. The van der Waals surface area contributed by atoms with E-state index in [1.165, 1.54) is 18.4 Å². The molecule has 3 aromatic rings. The number of aromatic nitrogens is 2. The fourth-order valence-electron chi connectivity index (χ4n) is 3.81. The predicted molar refractivity (Wildman–Crippen MR) is 126 cm³/mol. The summed E-state index contributed by atoms with van der Waals surface area (Å²) in [5.74, 6) is 0.243. The molecule has 0 atom stereocenters. The average Bonchev–Trinajstić information content (AvgIpc) is 3.03. The van der Waals surface area contributed by atoms with E-state index >= 15 is 0 Å². The van der Waals surface area contributed by atoms with Crippen molar-refractivity contribution in [2.45, 2.75) is 32.6 Å². The van der Waals surface area contributed by atoms with Gasteiger partial charge in [0.25, 0.3) is 0 Å². The summed E-state index contributed by atoms with van der Waals surface area (Å²) in [5, 5.41) is 3.59. The Morgan fingerprint density at radius 3 is 2.03 bits per heavy atom. The van der Waals surface area contributed by atoms with Crippen molar-refractivity contribution in [1.29, 1.82) is 0 Å². The van der Waals surface area contributed by atoms with Crippen molar-refractivity contribution in [2.24, 2.45) is 0 Å². The Kier molecular flexibility index (Phi) is 6.95. The molecule has 0 spiro atoms. The van der Waals surface area contributed by atoms with E-state index in [2.05, 4.69) is 39.2 Å². The molecular formula is C25H27ClN4O. The largest absolute Gasteiger partial charge is 0.295 e. The number of nitrogens with zero attached hydrogens (tertiary/aromatic N) is 3. The first kappa shape index (κ1) is 21.5. The highest BCUT2D eigenvalue weighted by molar-refractivity contribution is 6.30. The van der Waals surface area contributed by atoms with Crippen LogP contribution in [0.4, 0.5) is 5.95 Å². The first-order valence-electron chi connectivity index (χ1n) is 10.8. The Hall–Kier alpha value is -2.76. The van der Waals surface area contributed by atoms with Crippen LogP contribution in [0.3, 0.4) is 0 Å². The van der Waals surface area contributed by atoms with Crippen LogP contribution >= 0.6 is 11.6 Å². The fourth-order valence-corrected chi connectivity index (χ4v) is 3.93. The average molecular weight is 435 g/mol. The molecule has 2 heterocycles. The SMILES string of the molecule is Cc1ccc(-c2cc(-c3ccc(Cl)cc3)nc(NC(=O)CN3CCCCCC3)n2)cc1. The minimum absolute atomic E-state index is 0.0787. The first-order valence-corrected chi connectivity index (χ1v) is 11.2. The van der Waals surface area contributed by atoms with Crippen molar-refractivity contribution in [3.05, 3.63) is 65.2 Å². The Morgan fingerprint density at radius 2 is 1.45 bits per heavy atom. The van der Waals surface area contributed by atoms with E-state index in [0.717, 1.165) is 48.4 Å². The molecule has 2 aromatic carbocycles. The van der Waals surface area contributed by atoms with E-state index in [9.17, 15) is 4.79 Å². The second kappa shape index (κ2) is 10.0. The quantitative estimate of drug-likeness (QED) is 0.568. The van der Waals surface area contributed by atoms with Gasteiger partial charge in [-0.3, -0.25) is 15.0 Å². The van der Waals surface area contributed by atoms with Gasteiger partial charge in [-0.15, -0.1) is 0 Å². The number of amides is 1. The molecule has 0 bridgehead atoms. The van der Waals surface area contributed by atoms with Crippen molar-refractivity contribution < 1.29 is 4.79 Å². The number of likely N-dealkylation sites (tertiary alicyclic amines) is 1. The van der Waals surface area contributed by atoms with Gasteiger partial charge >= 0.3 is 0 Å². The Bertz CT molecular complexity index is 963. The molecule has 0 saturated carbocycles. The van der Waals surface area contributed by atoms with Gasteiger partial charge in [0.15, 0.2) is 0 Å². The van der Waals surface area contributed by atoms with Gasteiger partial charge in [-0.2, -0.15) is 0 Å². The van der Waals surface area contributed by atoms with Crippen molar-refractivity contribution >= 4 is 23.5 Å². The second-order valence-electron chi connectivity index (χ2n) is 8.07. The molecule has 5 nitrogen and oxygen atoms in total. The van der Waals surface area contributed by atoms with E-state index in [1.807, 2.05) is 42.5 Å². The zero-order valence-electron chi connectivity index (χ0n) is 17.8. The Morgan fingerprint density at radius 1 is 0.903 bits per heavy atom. The topological polar surface area (TPSA) is 58.1 Å². The predicted octanol–water partition coefficient (Wildman–Crippen LogP) is 5.59. The minimum Gasteiger partial charge on any atom is -0.295 e. The number of halogens is 1. The molecule has 4 rings (SSSR count). The molecule has 160 valence electrons. The molecule has 1 saturated heterocycles. The lowest BCUT2D eigenvalue weighted by Crippen LogP contribution is -2.34. The van der Waals surface area contributed by atoms with Crippen molar-refractivity contribution in [1.82, 2.24) is 14.9 Å². The van der Waals surface area contributed by atoms with Gasteiger partial charge in [-0.25, -0.2) is 9.97 Å². The third-order valence-electron chi connectivity index (χ3n) is 5.53. The summed E-state index contributed by atoms with van der Waals surface area (Å²) >= 11 is 6.05. The van der Waals surface area contributed by atoms with Gasteiger partial charge in [0, 0.05) is 16.1 Å². The van der Waals surface area contributed by atoms with Crippen molar-refractivity contribution in [2.75, 3.05) is 25.0 Å². The highest BCUT2D eigenvalue weighted by Gasteiger charge is 2.15. The molecule has 1 aromatic heterocycles. The number of benzene rings is 2. The summed E-state index contributed by atoms with van der Waals surface area (Å²) in [4.78, 5) is 24.2. The number of anilines is 1. The third kappa shape index (κ3) is 5.90. The number of nitrogens with one attached hydrogen (secondary N) is 1. The zero-order chi connectivity index (χ0) is 21.6. The third-order valence-corrected chi connectivity index (χ3v) is 5.78. The second-order valence-corrected chi connectivity index (χ2v) is 8.51. The van der Waals surface area contributed by atoms with Gasteiger partial charge in [0.1, 0.15) is 0 Å². The Balaban J connectivity index is 1.61. The van der Waals surface area contributed by atoms with E-state index in [1.54, 1.807) is 0 Å². The van der Waals surface area contributed by atoms with Crippen LogP contribution in [0, 0.1) is 6.92 Å². The first-order chi connectivity index (χ1) is 15.1. The van der Waals surface area contributed by atoms with E-state index in [0.29, 0.717) is 17.5 Å². The van der Waals surface area contributed by atoms with Gasteiger partial charge in [-0.1, -0.05) is 66.4 Å². The van der Waals surface area contributed by atoms with Crippen LogP contribution in [-0.4, -0.2) is 40.4 Å². The van der Waals surface area contributed by atoms with Crippen LogP contribution < -0.4 is 5.32 Å². The van der Waals surface area contributed by atoms with Crippen LogP contribution in [0.15, 0.2) is 54.6 Å². The molecule has 1 fully saturated rings. The smallest absolute Gasteiger partial charge is 0.240 e. The van der Waals surface area contributed by atoms with Crippen molar-refractivity contribution in [3.63, 3.8) is 0 Å². The van der Waals surface area contributed by atoms with Gasteiger partial charge < -0.3 is 0 Å². The van der Waals surface area contributed by atoms with E-state index in [-0.39, 0.29) is 5.91 Å². The summed E-state index contributed by atoms with van der Waals surface area (Å²) in [7, 11) is 0. The summed E-state index contributed by atoms with van der Waals surface area (Å²) in [6, 6.07) is 17.6. The lowest BCUT2D eigenvalue weighted by Gasteiger charge is -2.18. The number of carbonyl (C=O) groups excluding carboxylic acids is 1. The van der Waals surface area contributed by atoms with Gasteiger partial charge in [0.05, 0.1) is 17.9 Å². The molecule has 1 N–H and O–H groups in total. The lowest BCUT2D eigenvalue weighted by molar-refractivity contribution is -0.117. The summed E-state index contributed by atoms with van der Waals surface area (Å²) in [6.07, 6.45) is 4.77. The van der Waals surface area contributed by atoms with Crippen LogP contribution in [0.25, 0.3) is 22.5 Å². The Labute approximate surface area is 188 Å². The van der Waals surface area contributed by atoms with Crippen LogP contribution in [-0.2, 0) is 4.79 Å². The maximum Gasteiger partial charge on any atom is 0.240 e. The van der Waals surface area contributed by atoms with E-state index in [4.69, 9.17) is 11.6 Å². The molecule has 0 aliphatic carbocycles. The highest BCUT2D eigenvalue weighted by Crippen LogP contribution is 2.26. The highest BCUT2D eigenvalue weighted by atomic mass is 35.5. The minimum atomic E-state index is -0.0787. The van der Waals surface area contributed by atoms with Crippen molar-refractivity contribution in [3.8, 4) is 22.5 Å². The van der Waals surface area contributed by atoms with Crippen LogP contribution in [0.2, 0.25) is 5.02 Å². The molecule has 31 heavy (non-hydrogen) atoms. The van der Waals surface area contributed by atoms with Gasteiger partial charge in [0.2, 0.25) is 11.9 Å². The zero-order valence-corrected chi connectivity index (χ0v) is 18.5. The van der Waals surface area contributed by atoms with Crippen LogP contribution in [0.5, 0.6) is 0 Å². The molecule has 1 aliphatic heterocycles. The standard InChI is InChI=1S/C25H27ClN4O/c1-18-6-8-19(9-7-18)22-16-23(20-10-12-21(26)13-11-20)28-25(27-22)29-24(31)17-30-14-4-2-3-5-15-30/h6-13,16H,2-5,14-15,17H2,1H3,(H,27,28,29,31). The van der Waals surface area contributed by atoms with E-state index < -0.39 is 0 Å². The normalized spacial score (nSPS) is 14.8. The molecular weight excluding hydrogens is 408 g/mol. The maximum absolute atomic E-state index is 12.7. The summed E-state index contributed by atoms with van der Waals surface area (Å²) < 4.78 is 0. The summed E-state index contributed by atoms with van der Waals surface area (Å²) in [5.41, 5.74) is 4.59. The molecule has 1 amide bonds. The summed E-state index contributed by atoms with van der Waals surface area (Å²) in [6.45, 7) is 4.35. The van der Waals surface area contributed by atoms with Gasteiger partial charge in [-0.05, 0) is 51.1 Å². The fraction of sp³-hybridized carbons (Fsp3) is 0.320. The molecule has 0 radical (unpaired) electrons. The number of aryl methyl sites for hydroxylation is 1. The molecule has 6 heteroatoms. The molecule has 1 aliphatic rings. The monoisotopic (exact) mass is 434 g/mol. The number of hydrogen-bond donors (Lipinski definition) is 1. The number of hydrogen-bond acceptors (Lipinski definition) is 4. The van der Waals surface area contributed by atoms with Crippen LogP contribution in [0.1, 0.15) is 31.2 Å². The number of carbonyl (C=O) groups is 1. The number of rotatable bonds is 5. The maximum atomic E-state index is 12.7.